The Morgan fingerprint density at radius 2 is 1.70 bits per heavy atom. The quantitative estimate of drug-likeness (QED) is 0.855. The Morgan fingerprint density at radius 3 is 2.37 bits per heavy atom. The van der Waals surface area contributed by atoms with E-state index in [2.05, 4.69) is 10.2 Å². The molecule has 140 valence electrons. The fraction of sp³-hybridized carbons (Fsp3) is 0.333. The van der Waals surface area contributed by atoms with Gasteiger partial charge in [-0.05, 0) is 61.7 Å². The van der Waals surface area contributed by atoms with Crippen LogP contribution in [0.2, 0.25) is 5.02 Å². The molecule has 0 spiro atoms. The average Bonchev–Trinajstić information content (AvgIpc) is 3.35. The molecule has 6 heteroatoms. The molecule has 2 fully saturated rings. The zero-order valence-corrected chi connectivity index (χ0v) is 15.8. The molecule has 2 heterocycles. The van der Waals surface area contributed by atoms with E-state index in [1.165, 1.54) is 18.5 Å². The second-order valence-electron chi connectivity index (χ2n) is 7.01. The van der Waals surface area contributed by atoms with E-state index < -0.39 is 0 Å². The highest BCUT2D eigenvalue weighted by Crippen LogP contribution is 2.31. The number of carbonyl (C=O) groups excluding carboxylic acids is 2. The predicted octanol–water partition coefficient (Wildman–Crippen LogP) is 4.32. The largest absolute Gasteiger partial charge is 0.372 e. The number of rotatable bonds is 4. The van der Waals surface area contributed by atoms with Crippen LogP contribution in [0.3, 0.4) is 0 Å². The van der Waals surface area contributed by atoms with Crippen LogP contribution < -0.4 is 15.1 Å². The molecule has 2 aliphatic rings. The first-order valence-corrected chi connectivity index (χ1v) is 9.76. The predicted molar refractivity (Wildman–Crippen MR) is 109 cm³/mol. The summed E-state index contributed by atoms with van der Waals surface area (Å²) in [7, 11) is 0. The van der Waals surface area contributed by atoms with E-state index in [1.54, 1.807) is 23.1 Å². The van der Waals surface area contributed by atoms with Crippen molar-refractivity contribution in [3.05, 3.63) is 53.1 Å². The van der Waals surface area contributed by atoms with Gasteiger partial charge in [-0.25, -0.2) is 0 Å². The number of hydrogen-bond donors (Lipinski definition) is 1. The number of carbonyl (C=O) groups is 2. The van der Waals surface area contributed by atoms with Crippen LogP contribution in [-0.2, 0) is 4.79 Å². The van der Waals surface area contributed by atoms with Crippen molar-refractivity contribution in [1.82, 2.24) is 0 Å². The molecule has 0 atom stereocenters. The number of halogens is 1. The van der Waals surface area contributed by atoms with Gasteiger partial charge in [-0.1, -0.05) is 11.6 Å². The summed E-state index contributed by atoms with van der Waals surface area (Å²) in [6, 6.07) is 13.0. The minimum atomic E-state index is -0.214. The van der Waals surface area contributed by atoms with Crippen LogP contribution in [0.4, 0.5) is 17.1 Å². The third-order valence-electron chi connectivity index (χ3n) is 5.17. The number of nitrogens with one attached hydrogen (secondary N) is 1. The summed E-state index contributed by atoms with van der Waals surface area (Å²) in [5, 5.41) is 3.40. The molecule has 2 aromatic carbocycles. The molecule has 5 nitrogen and oxygen atoms in total. The number of benzene rings is 2. The van der Waals surface area contributed by atoms with E-state index in [0.717, 1.165) is 25.2 Å². The first-order chi connectivity index (χ1) is 13.1. The zero-order chi connectivity index (χ0) is 18.8. The summed E-state index contributed by atoms with van der Waals surface area (Å²) in [6.07, 6.45) is 3.80. The summed E-state index contributed by atoms with van der Waals surface area (Å²) in [6.45, 7) is 2.82. The Morgan fingerprint density at radius 1 is 0.963 bits per heavy atom. The second kappa shape index (κ2) is 7.61. The van der Waals surface area contributed by atoms with E-state index in [1.807, 2.05) is 24.3 Å². The molecule has 2 saturated heterocycles. The highest BCUT2D eigenvalue weighted by atomic mass is 35.5. The van der Waals surface area contributed by atoms with Gasteiger partial charge in [0.15, 0.2) is 0 Å². The monoisotopic (exact) mass is 383 g/mol. The molecular weight excluding hydrogens is 362 g/mol. The van der Waals surface area contributed by atoms with Crippen LogP contribution in [0.15, 0.2) is 42.5 Å². The minimum absolute atomic E-state index is 0.0481. The summed E-state index contributed by atoms with van der Waals surface area (Å²) in [4.78, 5) is 28.7. The Balaban J connectivity index is 1.48. The minimum Gasteiger partial charge on any atom is -0.372 e. The van der Waals surface area contributed by atoms with Gasteiger partial charge in [-0.15, -0.1) is 0 Å². The molecule has 0 aliphatic carbocycles. The van der Waals surface area contributed by atoms with Gasteiger partial charge in [0.1, 0.15) is 0 Å². The first kappa shape index (κ1) is 17.9. The van der Waals surface area contributed by atoms with Crippen LogP contribution in [0.25, 0.3) is 0 Å². The van der Waals surface area contributed by atoms with Gasteiger partial charge >= 0.3 is 0 Å². The lowest BCUT2D eigenvalue weighted by molar-refractivity contribution is -0.117. The fourth-order valence-corrected chi connectivity index (χ4v) is 3.92. The van der Waals surface area contributed by atoms with Crippen LogP contribution in [0.5, 0.6) is 0 Å². The Hall–Kier alpha value is -2.53. The van der Waals surface area contributed by atoms with E-state index in [9.17, 15) is 9.59 Å². The molecule has 0 aromatic heterocycles. The Kier molecular flexibility index (Phi) is 5.03. The number of hydrogen-bond acceptors (Lipinski definition) is 3. The third kappa shape index (κ3) is 3.78. The Bertz CT molecular complexity index is 860. The van der Waals surface area contributed by atoms with Gasteiger partial charge in [0, 0.05) is 43.0 Å². The van der Waals surface area contributed by atoms with Crippen LogP contribution in [0.1, 0.15) is 36.0 Å². The van der Waals surface area contributed by atoms with E-state index in [0.29, 0.717) is 29.2 Å². The van der Waals surface area contributed by atoms with Crippen molar-refractivity contribution in [3.8, 4) is 0 Å². The number of nitrogens with zero attached hydrogens (tertiary/aromatic N) is 2. The van der Waals surface area contributed by atoms with E-state index in [4.69, 9.17) is 11.6 Å². The average molecular weight is 384 g/mol. The molecule has 2 aromatic rings. The molecule has 2 aliphatic heterocycles. The summed E-state index contributed by atoms with van der Waals surface area (Å²) < 4.78 is 0. The topological polar surface area (TPSA) is 52.7 Å². The molecule has 0 saturated carbocycles. The summed E-state index contributed by atoms with van der Waals surface area (Å²) in [5.41, 5.74) is 3.03. The standard InChI is InChI=1S/C21H22ClN3O2/c22-18-10-5-15(14-19(18)25-13-3-4-20(25)26)21(27)23-16-6-8-17(9-7-16)24-11-1-2-12-24/h5-10,14H,1-4,11-13H2,(H,23,27). The highest BCUT2D eigenvalue weighted by molar-refractivity contribution is 6.34. The maximum absolute atomic E-state index is 12.6. The zero-order valence-electron chi connectivity index (χ0n) is 15.1. The van der Waals surface area contributed by atoms with Gasteiger partial charge in [-0.2, -0.15) is 0 Å². The lowest BCUT2D eigenvalue weighted by atomic mass is 10.1. The van der Waals surface area contributed by atoms with Crippen LogP contribution >= 0.6 is 11.6 Å². The molecular formula is C21H22ClN3O2. The van der Waals surface area contributed by atoms with Crippen molar-refractivity contribution in [2.24, 2.45) is 0 Å². The van der Waals surface area contributed by atoms with Gasteiger partial charge in [0.25, 0.3) is 5.91 Å². The fourth-order valence-electron chi connectivity index (χ4n) is 3.70. The molecule has 1 N–H and O–H groups in total. The van der Waals surface area contributed by atoms with E-state index in [-0.39, 0.29) is 11.8 Å². The number of amides is 2. The second-order valence-corrected chi connectivity index (χ2v) is 7.42. The van der Waals surface area contributed by atoms with Crippen molar-refractivity contribution >= 4 is 40.5 Å². The number of anilines is 3. The van der Waals surface area contributed by atoms with Gasteiger partial charge in [0.2, 0.25) is 5.91 Å². The Labute approximate surface area is 163 Å². The lowest BCUT2D eigenvalue weighted by Gasteiger charge is -2.19. The molecule has 4 rings (SSSR count). The first-order valence-electron chi connectivity index (χ1n) is 9.38. The smallest absolute Gasteiger partial charge is 0.255 e. The normalized spacial score (nSPS) is 16.9. The molecule has 27 heavy (non-hydrogen) atoms. The van der Waals surface area contributed by atoms with Crippen molar-refractivity contribution < 1.29 is 9.59 Å². The SMILES string of the molecule is O=C(Nc1ccc(N2CCCC2)cc1)c1ccc(Cl)c(N2CCCC2=O)c1. The van der Waals surface area contributed by atoms with Gasteiger partial charge < -0.3 is 15.1 Å². The lowest BCUT2D eigenvalue weighted by Crippen LogP contribution is -2.24. The summed E-state index contributed by atoms with van der Waals surface area (Å²) in [5.74, 6) is -0.166. The van der Waals surface area contributed by atoms with Gasteiger partial charge in [-0.3, -0.25) is 9.59 Å². The van der Waals surface area contributed by atoms with Crippen molar-refractivity contribution in [1.29, 1.82) is 0 Å². The van der Waals surface area contributed by atoms with Gasteiger partial charge in [0.05, 0.1) is 10.7 Å². The molecule has 0 radical (unpaired) electrons. The molecule has 2 amide bonds. The highest BCUT2D eigenvalue weighted by Gasteiger charge is 2.24. The van der Waals surface area contributed by atoms with Crippen LogP contribution in [-0.4, -0.2) is 31.4 Å². The third-order valence-corrected chi connectivity index (χ3v) is 5.49. The molecule has 0 unspecified atom stereocenters. The maximum Gasteiger partial charge on any atom is 0.255 e. The van der Waals surface area contributed by atoms with Crippen molar-refractivity contribution in [2.75, 3.05) is 34.8 Å². The van der Waals surface area contributed by atoms with E-state index >= 15 is 0 Å². The molecule has 0 bridgehead atoms. The van der Waals surface area contributed by atoms with Crippen LogP contribution in [0, 0.1) is 0 Å². The van der Waals surface area contributed by atoms with Crippen molar-refractivity contribution in [3.63, 3.8) is 0 Å². The maximum atomic E-state index is 12.6. The summed E-state index contributed by atoms with van der Waals surface area (Å²) >= 11 is 6.26. The van der Waals surface area contributed by atoms with Crippen molar-refractivity contribution in [2.45, 2.75) is 25.7 Å².